The van der Waals surface area contributed by atoms with Gasteiger partial charge >= 0.3 is 0 Å². The maximum atomic E-state index is 12.7. The quantitative estimate of drug-likeness (QED) is 0.505. The van der Waals surface area contributed by atoms with Crippen molar-refractivity contribution in [3.05, 3.63) is 59.1 Å². The SMILES string of the molecule is CCCN1C(=O)C(=O)/C(=C(\O)c2cccc(OC)c2)C1c1ccc(C)o1. The van der Waals surface area contributed by atoms with Crippen molar-refractivity contribution >= 4 is 17.4 Å². The van der Waals surface area contributed by atoms with Crippen molar-refractivity contribution in [1.82, 2.24) is 4.90 Å². The fourth-order valence-electron chi connectivity index (χ4n) is 3.17. The number of likely N-dealkylation sites (tertiary alicyclic amines) is 1. The summed E-state index contributed by atoms with van der Waals surface area (Å²) in [5.74, 6) is 0.0957. The molecule has 1 aromatic heterocycles. The second-order valence-electron chi connectivity index (χ2n) is 6.17. The van der Waals surface area contributed by atoms with Gasteiger partial charge in [-0.15, -0.1) is 0 Å². The minimum atomic E-state index is -0.741. The summed E-state index contributed by atoms with van der Waals surface area (Å²) in [5, 5.41) is 10.8. The van der Waals surface area contributed by atoms with E-state index >= 15 is 0 Å². The van der Waals surface area contributed by atoms with Crippen LogP contribution in [0.4, 0.5) is 0 Å². The minimum absolute atomic E-state index is 0.0334. The van der Waals surface area contributed by atoms with Gasteiger partial charge in [-0.25, -0.2) is 0 Å². The summed E-state index contributed by atoms with van der Waals surface area (Å²) in [5.41, 5.74) is 0.443. The van der Waals surface area contributed by atoms with Crippen molar-refractivity contribution < 1.29 is 23.8 Å². The number of ether oxygens (including phenoxy) is 1. The van der Waals surface area contributed by atoms with E-state index in [4.69, 9.17) is 9.15 Å². The summed E-state index contributed by atoms with van der Waals surface area (Å²) in [6.07, 6.45) is 0.683. The molecule has 1 aliphatic heterocycles. The summed E-state index contributed by atoms with van der Waals surface area (Å²) in [6.45, 7) is 4.10. The van der Waals surface area contributed by atoms with Crippen LogP contribution in [0.25, 0.3) is 5.76 Å². The Balaban J connectivity index is 2.17. The van der Waals surface area contributed by atoms with E-state index in [1.54, 1.807) is 43.3 Å². The number of amides is 1. The lowest BCUT2D eigenvalue weighted by molar-refractivity contribution is -0.140. The Hall–Kier alpha value is -3.02. The first-order chi connectivity index (χ1) is 12.5. The number of nitrogens with zero attached hydrogens (tertiary/aromatic N) is 1. The summed E-state index contributed by atoms with van der Waals surface area (Å²) >= 11 is 0. The molecule has 26 heavy (non-hydrogen) atoms. The van der Waals surface area contributed by atoms with Gasteiger partial charge in [0, 0.05) is 12.1 Å². The lowest BCUT2D eigenvalue weighted by Crippen LogP contribution is -2.30. The van der Waals surface area contributed by atoms with Gasteiger partial charge < -0.3 is 19.2 Å². The van der Waals surface area contributed by atoms with Gasteiger partial charge in [-0.1, -0.05) is 19.1 Å². The van der Waals surface area contributed by atoms with Crippen molar-refractivity contribution in [1.29, 1.82) is 0 Å². The molecular formula is C20H21NO5. The lowest BCUT2D eigenvalue weighted by Gasteiger charge is -2.22. The van der Waals surface area contributed by atoms with Gasteiger partial charge in [-0.3, -0.25) is 9.59 Å². The van der Waals surface area contributed by atoms with E-state index in [-0.39, 0.29) is 11.3 Å². The van der Waals surface area contributed by atoms with Crippen LogP contribution in [0.1, 0.15) is 36.5 Å². The Bertz CT molecular complexity index is 880. The first kappa shape index (κ1) is 17.8. The molecular weight excluding hydrogens is 334 g/mol. The summed E-state index contributed by atoms with van der Waals surface area (Å²) in [4.78, 5) is 26.6. The molecule has 6 nitrogen and oxygen atoms in total. The minimum Gasteiger partial charge on any atom is -0.507 e. The van der Waals surface area contributed by atoms with E-state index in [9.17, 15) is 14.7 Å². The largest absolute Gasteiger partial charge is 0.507 e. The zero-order valence-electron chi connectivity index (χ0n) is 15.0. The number of aliphatic hydroxyl groups is 1. The van der Waals surface area contributed by atoms with E-state index in [0.29, 0.717) is 35.8 Å². The van der Waals surface area contributed by atoms with Crippen LogP contribution in [-0.4, -0.2) is 35.4 Å². The maximum absolute atomic E-state index is 12.7. The molecule has 0 saturated carbocycles. The van der Waals surface area contributed by atoms with Crippen LogP contribution in [-0.2, 0) is 9.59 Å². The van der Waals surface area contributed by atoms with Gasteiger partial charge in [-0.05, 0) is 37.6 Å². The molecule has 1 atom stereocenters. The second-order valence-corrected chi connectivity index (χ2v) is 6.17. The number of rotatable bonds is 5. The number of ketones is 1. The van der Waals surface area contributed by atoms with Crippen LogP contribution < -0.4 is 4.74 Å². The van der Waals surface area contributed by atoms with Crippen molar-refractivity contribution in [2.45, 2.75) is 26.3 Å². The third-order valence-corrected chi connectivity index (χ3v) is 4.38. The van der Waals surface area contributed by atoms with Gasteiger partial charge in [0.15, 0.2) is 0 Å². The highest BCUT2D eigenvalue weighted by Gasteiger charge is 2.47. The predicted octanol–water partition coefficient (Wildman–Crippen LogP) is 3.43. The number of aryl methyl sites for hydroxylation is 1. The Labute approximate surface area is 151 Å². The Morgan fingerprint density at radius 1 is 1.27 bits per heavy atom. The highest BCUT2D eigenvalue weighted by Crippen LogP contribution is 2.40. The van der Waals surface area contributed by atoms with Crippen LogP contribution in [0.15, 0.2) is 46.4 Å². The molecule has 0 radical (unpaired) electrons. The maximum Gasteiger partial charge on any atom is 0.295 e. The van der Waals surface area contributed by atoms with Gasteiger partial charge in [0.25, 0.3) is 11.7 Å². The molecule has 1 amide bonds. The molecule has 136 valence electrons. The number of hydrogen-bond acceptors (Lipinski definition) is 5. The molecule has 1 saturated heterocycles. The van der Waals surface area contributed by atoms with E-state index in [1.165, 1.54) is 12.0 Å². The number of benzene rings is 1. The lowest BCUT2D eigenvalue weighted by atomic mass is 9.99. The van der Waals surface area contributed by atoms with Crippen LogP contribution in [0.3, 0.4) is 0 Å². The topological polar surface area (TPSA) is 80.0 Å². The van der Waals surface area contributed by atoms with E-state index in [2.05, 4.69) is 0 Å². The van der Waals surface area contributed by atoms with Crippen LogP contribution in [0, 0.1) is 6.92 Å². The fourth-order valence-corrected chi connectivity index (χ4v) is 3.17. The Morgan fingerprint density at radius 3 is 2.65 bits per heavy atom. The summed E-state index contributed by atoms with van der Waals surface area (Å²) in [7, 11) is 1.52. The average Bonchev–Trinajstić information content (AvgIpc) is 3.18. The average molecular weight is 355 g/mol. The van der Waals surface area contributed by atoms with Crippen LogP contribution >= 0.6 is 0 Å². The zero-order valence-corrected chi connectivity index (χ0v) is 15.0. The first-order valence-electron chi connectivity index (χ1n) is 8.47. The molecule has 2 heterocycles. The first-order valence-corrected chi connectivity index (χ1v) is 8.47. The number of methoxy groups -OCH3 is 1. The third-order valence-electron chi connectivity index (χ3n) is 4.38. The van der Waals surface area contributed by atoms with E-state index in [0.717, 1.165) is 0 Å². The van der Waals surface area contributed by atoms with Crippen LogP contribution in [0.2, 0.25) is 0 Å². The smallest absolute Gasteiger partial charge is 0.295 e. The molecule has 0 aliphatic carbocycles. The number of carbonyl (C=O) groups is 2. The van der Waals surface area contributed by atoms with Crippen molar-refractivity contribution in [3.63, 3.8) is 0 Å². The number of carbonyl (C=O) groups excluding carboxylic acids is 2. The summed E-state index contributed by atoms with van der Waals surface area (Å²) < 4.78 is 10.9. The number of hydrogen-bond donors (Lipinski definition) is 1. The van der Waals surface area contributed by atoms with E-state index < -0.39 is 17.7 Å². The summed E-state index contributed by atoms with van der Waals surface area (Å²) in [6, 6.07) is 9.49. The third kappa shape index (κ3) is 2.98. The predicted molar refractivity (Wildman–Crippen MR) is 95.7 cm³/mol. The van der Waals surface area contributed by atoms with Crippen molar-refractivity contribution in [2.24, 2.45) is 0 Å². The molecule has 1 aliphatic rings. The monoisotopic (exact) mass is 355 g/mol. The molecule has 3 rings (SSSR count). The highest BCUT2D eigenvalue weighted by atomic mass is 16.5. The van der Waals surface area contributed by atoms with Crippen molar-refractivity contribution in [3.8, 4) is 5.75 Å². The molecule has 1 fully saturated rings. The Kier molecular flexibility index (Phi) is 4.84. The second kappa shape index (κ2) is 7.07. The molecule has 0 spiro atoms. The molecule has 0 bridgehead atoms. The van der Waals surface area contributed by atoms with Crippen molar-refractivity contribution in [2.75, 3.05) is 13.7 Å². The van der Waals surface area contributed by atoms with Crippen LogP contribution in [0.5, 0.6) is 5.75 Å². The normalized spacial score (nSPS) is 19.2. The number of Topliss-reactive ketones (excluding diaryl/α,β-unsaturated/α-hetero) is 1. The molecule has 1 unspecified atom stereocenters. The van der Waals surface area contributed by atoms with E-state index in [1.807, 2.05) is 6.92 Å². The van der Waals surface area contributed by atoms with Gasteiger partial charge in [0.1, 0.15) is 29.1 Å². The number of furan rings is 1. The Morgan fingerprint density at radius 2 is 2.04 bits per heavy atom. The van der Waals surface area contributed by atoms with Gasteiger partial charge in [-0.2, -0.15) is 0 Å². The molecule has 1 N–H and O–H groups in total. The highest BCUT2D eigenvalue weighted by molar-refractivity contribution is 6.46. The molecule has 2 aromatic rings. The molecule has 1 aromatic carbocycles. The number of aliphatic hydroxyl groups excluding tert-OH is 1. The van der Waals surface area contributed by atoms with Gasteiger partial charge in [0.2, 0.25) is 0 Å². The fraction of sp³-hybridized carbons (Fsp3) is 0.300. The van der Waals surface area contributed by atoms with Gasteiger partial charge in [0.05, 0.1) is 12.7 Å². The zero-order chi connectivity index (χ0) is 18.8. The molecule has 6 heteroatoms. The standard InChI is InChI=1S/C20H21NO5/c1-4-10-21-17(15-9-8-12(2)26-15)16(19(23)20(21)24)18(22)13-6-5-7-14(11-13)25-3/h5-9,11,17,22H,4,10H2,1-3H3/b18-16-.